The van der Waals surface area contributed by atoms with E-state index in [1.165, 1.54) is 0 Å². The Morgan fingerprint density at radius 2 is 1.46 bits per heavy atom. The maximum absolute atomic E-state index is 12.8. The molecule has 0 saturated heterocycles. The van der Waals surface area contributed by atoms with Crippen molar-refractivity contribution in [2.24, 2.45) is 5.92 Å². The van der Waals surface area contributed by atoms with Crippen LogP contribution >= 0.6 is 0 Å². The van der Waals surface area contributed by atoms with Gasteiger partial charge >= 0.3 is 0 Å². The van der Waals surface area contributed by atoms with Crippen molar-refractivity contribution in [2.75, 3.05) is 0 Å². The van der Waals surface area contributed by atoms with Crippen LogP contribution in [0.5, 0.6) is 0 Å². The Morgan fingerprint density at radius 3 is 1.86 bits per heavy atom. The van der Waals surface area contributed by atoms with Gasteiger partial charge in [0.2, 0.25) is 5.91 Å². The summed E-state index contributed by atoms with van der Waals surface area (Å²) in [5.74, 6) is -2.55. The highest BCUT2D eigenvalue weighted by Crippen LogP contribution is 2.35. The number of hydrogen-bond acceptors (Lipinski definition) is 7. The molecule has 0 saturated carbocycles. The number of hydrazine groups is 1. The minimum atomic E-state index is -0.947. The molecule has 144 valence electrons. The minimum Gasteiger partial charge on any atom is -0.273 e. The SMILES string of the molecule is CC(C)CC(=O)NN1C(=O)c2cc([N+](=O)[O-])cc3cc([N+](=O)[O-])cc(c23)C1=O. The number of hydrogen-bond donors (Lipinski definition) is 1. The Balaban J connectivity index is 2.22. The molecule has 28 heavy (non-hydrogen) atoms. The molecule has 1 N–H and O–H groups in total. The molecule has 1 aliphatic heterocycles. The van der Waals surface area contributed by atoms with E-state index in [-0.39, 0.29) is 34.2 Å². The zero-order chi connectivity index (χ0) is 20.7. The monoisotopic (exact) mass is 386 g/mol. The number of nitro groups is 2. The van der Waals surface area contributed by atoms with Crippen LogP contribution in [-0.4, -0.2) is 32.6 Å². The van der Waals surface area contributed by atoms with Crippen molar-refractivity contribution in [1.82, 2.24) is 10.4 Å². The van der Waals surface area contributed by atoms with Crippen LogP contribution in [0.4, 0.5) is 11.4 Å². The fraction of sp³-hybridized carbons (Fsp3) is 0.235. The first kappa shape index (κ1) is 18.9. The highest BCUT2D eigenvalue weighted by Gasteiger charge is 2.37. The van der Waals surface area contributed by atoms with E-state index in [1.54, 1.807) is 13.8 Å². The van der Waals surface area contributed by atoms with Crippen LogP contribution in [-0.2, 0) is 4.79 Å². The molecule has 0 aromatic heterocycles. The average molecular weight is 386 g/mol. The number of nitrogens with zero attached hydrogens (tertiary/aromatic N) is 3. The molecule has 0 fully saturated rings. The van der Waals surface area contributed by atoms with E-state index in [0.717, 1.165) is 24.3 Å². The first-order valence-corrected chi connectivity index (χ1v) is 8.19. The van der Waals surface area contributed by atoms with Crippen molar-refractivity contribution in [3.63, 3.8) is 0 Å². The number of imide groups is 1. The van der Waals surface area contributed by atoms with Gasteiger partial charge in [-0.1, -0.05) is 13.8 Å². The number of nitrogens with one attached hydrogen (secondary N) is 1. The zero-order valence-corrected chi connectivity index (χ0v) is 14.8. The molecule has 11 heteroatoms. The van der Waals surface area contributed by atoms with Crippen molar-refractivity contribution in [2.45, 2.75) is 20.3 Å². The van der Waals surface area contributed by atoms with E-state index in [2.05, 4.69) is 5.43 Å². The van der Waals surface area contributed by atoms with Gasteiger partial charge in [-0.25, -0.2) is 0 Å². The summed E-state index contributed by atoms with van der Waals surface area (Å²) in [6, 6.07) is 4.08. The summed E-state index contributed by atoms with van der Waals surface area (Å²) in [6.45, 7) is 3.53. The van der Waals surface area contributed by atoms with E-state index < -0.39 is 38.9 Å². The van der Waals surface area contributed by atoms with E-state index >= 15 is 0 Å². The molecule has 11 nitrogen and oxygen atoms in total. The van der Waals surface area contributed by atoms with Crippen LogP contribution in [0.3, 0.4) is 0 Å². The Bertz CT molecular complexity index is 1010. The summed E-state index contributed by atoms with van der Waals surface area (Å²) in [4.78, 5) is 58.5. The number of carbonyl (C=O) groups is 3. The highest BCUT2D eigenvalue weighted by molar-refractivity contribution is 6.26. The summed E-state index contributed by atoms with van der Waals surface area (Å²) in [6.07, 6.45) is 0.0310. The highest BCUT2D eigenvalue weighted by atomic mass is 16.6. The lowest BCUT2D eigenvalue weighted by atomic mass is 9.93. The average Bonchev–Trinajstić information content (AvgIpc) is 2.61. The Labute approximate surface area is 157 Å². The topological polar surface area (TPSA) is 153 Å². The molecule has 0 spiro atoms. The Kier molecular flexibility index (Phi) is 4.51. The molecule has 3 amide bonds. The maximum Gasteiger partial charge on any atom is 0.280 e. The van der Waals surface area contributed by atoms with E-state index in [9.17, 15) is 34.6 Å². The molecular weight excluding hydrogens is 372 g/mol. The van der Waals surface area contributed by atoms with Crippen LogP contribution in [0.15, 0.2) is 24.3 Å². The van der Waals surface area contributed by atoms with E-state index in [4.69, 9.17) is 0 Å². The molecule has 1 heterocycles. The van der Waals surface area contributed by atoms with Crippen LogP contribution in [0, 0.1) is 26.1 Å². The number of non-ortho nitro benzene ring substituents is 2. The Hall–Kier alpha value is -3.89. The minimum absolute atomic E-state index is 0.0169. The summed E-state index contributed by atoms with van der Waals surface area (Å²) < 4.78 is 0. The number of rotatable bonds is 5. The third kappa shape index (κ3) is 3.13. The Morgan fingerprint density at radius 1 is 1.00 bits per heavy atom. The fourth-order valence-electron chi connectivity index (χ4n) is 3.01. The summed E-state index contributed by atoms with van der Waals surface area (Å²) >= 11 is 0. The predicted octanol–water partition coefficient (Wildman–Crippen LogP) is 2.33. The number of carbonyl (C=O) groups excluding carboxylic acids is 3. The van der Waals surface area contributed by atoms with Gasteiger partial charge in [-0.2, -0.15) is 5.01 Å². The van der Waals surface area contributed by atoms with Gasteiger partial charge in [0.05, 0.1) is 21.0 Å². The summed E-state index contributed by atoms with van der Waals surface area (Å²) in [7, 11) is 0. The third-order valence-electron chi connectivity index (χ3n) is 4.14. The van der Waals surface area contributed by atoms with Crippen molar-refractivity contribution in [3.05, 3.63) is 55.6 Å². The van der Waals surface area contributed by atoms with Crippen LogP contribution in [0.1, 0.15) is 41.0 Å². The molecule has 0 bridgehead atoms. The second-order valence-corrected chi connectivity index (χ2v) is 6.68. The van der Waals surface area contributed by atoms with Gasteiger partial charge in [-0.3, -0.25) is 40.0 Å². The maximum atomic E-state index is 12.8. The molecule has 2 aromatic rings. The van der Waals surface area contributed by atoms with Crippen molar-refractivity contribution < 1.29 is 24.2 Å². The number of benzene rings is 2. The molecular formula is C17H14N4O7. The van der Waals surface area contributed by atoms with Crippen LogP contribution < -0.4 is 5.43 Å². The second-order valence-electron chi connectivity index (χ2n) is 6.68. The molecule has 1 aliphatic rings. The lowest BCUT2D eigenvalue weighted by Gasteiger charge is -2.27. The summed E-state index contributed by atoms with van der Waals surface area (Å²) in [5, 5.41) is 22.9. The lowest BCUT2D eigenvalue weighted by molar-refractivity contribution is -0.385. The third-order valence-corrected chi connectivity index (χ3v) is 4.14. The first-order valence-electron chi connectivity index (χ1n) is 8.19. The molecule has 0 atom stereocenters. The van der Waals surface area contributed by atoms with Crippen molar-refractivity contribution in [1.29, 1.82) is 0 Å². The van der Waals surface area contributed by atoms with E-state index in [1.807, 2.05) is 0 Å². The van der Waals surface area contributed by atoms with Gasteiger partial charge in [0.15, 0.2) is 0 Å². The molecule has 0 unspecified atom stereocenters. The lowest BCUT2D eigenvalue weighted by Crippen LogP contribution is -2.51. The fourth-order valence-corrected chi connectivity index (χ4v) is 3.01. The smallest absolute Gasteiger partial charge is 0.273 e. The van der Waals surface area contributed by atoms with Gasteiger partial charge in [0, 0.05) is 36.1 Å². The molecule has 0 aliphatic carbocycles. The summed E-state index contributed by atoms with van der Waals surface area (Å²) in [5.41, 5.74) is 0.860. The van der Waals surface area contributed by atoms with Crippen LogP contribution in [0.2, 0.25) is 0 Å². The van der Waals surface area contributed by atoms with Gasteiger partial charge < -0.3 is 0 Å². The number of amides is 3. The standard InChI is InChI=1S/C17H14N4O7/c1-8(2)3-14(22)18-19-16(23)12-6-10(20(25)26)4-9-5-11(21(27)28)7-13(15(9)12)17(19)24/h4-8H,3H2,1-2H3,(H,18,22). The van der Waals surface area contributed by atoms with Crippen molar-refractivity contribution in [3.8, 4) is 0 Å². The quantitative estimate of drug-likeness (QED) is 0.470. The normalized spacial score (nSPS) is 13.2. The van der Waals surface area contributed by atoms with Gasteiger partial charge in [-0.05, 0) is 11.3 Å². The van der Waals surface area contributed by atoms with Crippen molar-refractivity contribution >= 4 is 39.9 Å². The van der Waals surface area contributed by atoms with Gasteiger partial charge in [-0.15, -0.1) is 0 Å². The van der Waals surface area contributed by atoms with E-state index in [0.29, 0.717) is 5.01 Å². The molecule has 3 rings (SSSR count). The van der Waals surface area contributed by atoms with Crippen LogP contribution in [0.25, 0.3) is 10.8 Å². The van der Waals surface area contributed by atoms with Gasteiger partial charge in [0.25, 0.3) is 23.2 Å². The van der Waals surface area contributed by atoms with Gasteiger partial charge in [0.1, 0.15) is 0 Å². The second kappa shape index (κ2) is 6.68. The largest absolute Gasteiger partial charge is 0.280 e. The predicted molar refractivity (Wildman–Crippen MR) is 95.4 cm³/mol. The first-order chi connectivity index (χ1) is 13.1. The zero-order valence-electron chi connectivity index (χ0n) is 14.8. The molecule has 0 radical (unpaired) electrons. The number of nitro benzene ring substituents is 2. The molecule has 2 aromatic carbocycles.